The molecule has 38 heavy (non-hydrogen) atoms. The fourth-order valence-corrected chi connectivity index (χ4v) is 6.22. The van der Waals surface area contributed by atoms with Crippen LogP contribution in [-0.4, -0.2) is 17.1 Å². The average molecular weight is 519 g/mol. The van der Waals surface area contributed by atoms with Gasteiger partial charge in [0.05, 0.1) is 28.5 Å². The summed E-state index contributed by atoms with van der Waals surface area (Å²) < 4.78 is 7.62. The van der Waals surface area contributed by atoms with Gasteiger partial charge in [0, 0.05) is 0 Å². The summed E-state index contributed by atoms with van der Waals surface area (Å²) in [7, 11) is 0. The molecular formula is C32H26N2O3S. The zero-order valence-corrected chi connectivity index (χ0v) is 22.2. The summed E-state index contributed by atoms with van der Waals surface area (Å²) in [5.41, 5.74) is 3.73. The van der Waals surface area contributed by atoms with Gasteiger partial charge in [-0.25, -0.2) is 9.79 Å². The Hall–Kier alpha value is -4.29. The van der Waals surface area contributed by atoms with Crippen molar-refractivity contribution in [1.29, 1.82) is 0 Å². The monoisotopic (exact) mass is 518 g/mol. The molecule has 0 amide bonds. The highest BCUT2D eigenvalue weighted by atomic mass is 32.1. The summed E-state index contributed by atoms with van der Waals surface area (Å²) in [5.74, 6) is -0.450. The van der Waals surface area contributed by atoms with E-state index in [-0.39, 0.29) is 12.2 Å². The molecule has 0 N–H and O–H groups in total. The van der Waals surface area contributed by atoms with Crippen LogP contribution in [-0.2, 0) is 9.53 Å². The molecule has 0 spiro atoms. The highest BCUT2D eigenvalue weighted by molar-refractivity contribution is 7.07. The highest BCUT2D eigenvalue weighted by Gasteiger charge is 2.33. The molecule has 6 rings (SSSR count). The van der Waals surface area contributed by atoms with Crippen molar-refractivity contribution in [3.63, 3.8) is 0 Å². The molecule has 4 aromatic carbocycles. The number of ether oxygens (including phenoxy) is 1. The summed E-state index contributed by atoms with van der Waals surface area (Å²) in [6, 6.07) is 25.9. The van der Waals surface area contributed by atoms with Crippen LogP contribution in [0.5, 0.6) is 0 Å². The van der Waals surface area contributed by atoms with Crippen LogP contribution in [0.25, 0.3) is 27.6 Å². The Bertz CT molecular complexity index is 1890. The Balaban J connectivity index is 1.64. The number of esters is 1. The topological polar surface area (TPSA) is 60.7 Å². The molecule has 5 aromatic rings. The Morgan fingerprint density at radius 1 is 0.974 bits per heavy atom. The van der Waals surface area contributed by atoms with Gasteiger partial charge in [0.2, 0.25) is 0 Å². The molecule has 1 aliphatic heterocycles. The Kier molecular flexibility index (Phi) is 6.04. The molecule has 6 heteroatoms. The lowest BCUT2D eigenvalue weighted by Crippen LogP contribution is -2.39. The Morgan fingerprint density at radius 3 is 2.24 bits per heavy atom. The number of hydrogen-bond acceptors (Lipinski definition) is 5. The van der Waals surface area contributed by atoms with Crippen LogP contribution in [0.4, 0.5) is 0 Å². The van der Waals surface area contributed by atoms with Gasteiger partial charge in [-0.2, -0.15) is 0 Å². The van der Waals surface area contributed by atoms with Crippen LogP contribution in [0, 0.1) is 6.92 Å². The molecule has 0 saturated heterocycles. The number of rotatable bonds is 4. The number of carbonyl (C=O) groups excluding carboxylic acids is 1. The number of benzene rings is 4. The fourth-order valence-electron chi connectivity index (χ4n) is 5.19. The van der Waals surface area contributed by atoms with Gasteiger partial charge in [-0.05, 0) is 65.6 Å². The minimum atomic E-state index is -0.614. The lowest BCUT2D eigenvalue weighted by atomic mass is 9.95. The molecule has 188 valence electrons. The predicted molar refractivity (Wildman–Crippen MR) is 153 cm³/mol. The standard InChI is InChI=1S/C32H26N2O3S/c1-4-37-31(36)28-20(3)33-32-34(29(28)21-15-13-19(2)14-16-21)30(35)27(38-32)18-26-24-11-7-5-9-22(24)17-23-10-6-8-12-25(23)26/h5-18,29H,4H2,1-3H3/b27-18-/t29-/m1/s1. The van der Waals surface area contributed by atoms with Crippen molar-refractivity contribution >= 4 is 44.9 Å². The molecule has 0 bridgehead atoms. The van der Waals surface area contributed by atoms with Crippen LogP contribution in [0.2, 0.25) is 0 Å². The summed E-state index contributed by atoms with van der Waals surface area (Å²) in [6.07, 6.45) is 1.98. The Labute approximate surface area is 223 Å². The summed E-state index contributed by atoms with van der Waals surface area (Å²) >= 11 is 1.35. The van der Waals surface area contributed by atoms with E-state index in [1.165, 1.54) is 11.3 Å². The van der Waals surface area contributed by atoms with Crippen LogP contribution in [0.1, 0.15) is 36.6 Å². The van der Waals surface area contributed by atoms with Crippen molar-refractivity contribution in [2.24, 2.45) is 4.99 Å². The van der Waals surface area contributed by atoms with Crippen molar-refractivity contribution in [1.82, 2.24) is 4.57 Å². The molecule has 0 unspecified atom stereocenters. The second-order valence-electron chi connectivity index (χ2n) is 9.45. The smallest absolute Gasteiger partial charge is 0.338 e. The van der Waals surface area contributed by atoms with Gasteiger partial charge in [-0.15, -0.1) is 0 Å². The van der Waals surface area contributed by atoms with E-state index in [9.17, 15) is 9.59 Å². The molecule has 1 atom stereocenters. The van der Waals surface area contributed by atoms with E-state index in [0.29, 0.717) is 20.6 Å². The quantitative estimate of drug-likeness (QED) is 0.236. The molecule has 0 aliphatic carbocycles. The normalized spacial score (nSPS) is 15.6. The van der Waals surface area contributed by atoms with Gasteiger partial charge >= 0.3 is 5.97 Å². The summed E-state index contributed by atoms with van der Waals surface area (Å²) in [5, 5.41) is 4.39. The minimum absolute atomic E-state index is 0.175. The number of hydrogen-bond donors (Lipinski definition) is 0. The van der Waals surface area contributed by atoms with E-state index >= 15 is 0 Å². The van der Waals surface area contributed by atoms with Crippen LogP contribution < -0.4 is 14.9 Å². The van der Waals surface area contributed by atoms with Crippen molar-refractivity contribution in [3.05, 3.63) is 127 Å². The maximum atomic E-state index is 14.1. The van der Waals surface area contributed by atoms with Crippen molar-refractivity contribution in [2.45, 2.75) is 26.8 Å². The maximum absolute atomic E-state index is 14.1. The number of thiazole rings is 1. The number of aryl methyl sites for hydroxylation is 1. The van der Waals surface area contributed by atoms with Gasteiger partial charge < -0.3 is 4.74 Å². The summed E-state index contributed by atoms with van der Waals surface area (Å²) in [6.45, 7) is 5.84. The van der Waals surface area contributed by atoms with Crippen molar-refractivity contribution in [3.8, 4) is 0 Å². The average Bonchev–Trinajstić information content (AvgIpc) is 3.22. The fraction of sp³-hybridized carbons (Fsp3) is 0.156. The van der Waals surface area contributed by atoms with Gasteiger partial charge in [0.1, 0.15) is 0 Å². The van der Waals surface area contributed by atoms with Crippen LogP contribution in [0.3, 0.4) is 0 Å². The van der Waals surface area contributed by atoms with E-state index in [0.717, 1.165) is 38.2 Å². The van der Waals surface area contributed by atoms with E-state index in [1.54, 1.807) is 11.5 Å². The number of nitrogens with zero attached hydrogens (tertiary/aromatic N) is 2. The van der Waals surface area contributed by atoms with E-state index in [4.69, 9.17) is 9.73 Å². The van der Waals surface area contributed by atoms with Crippen LogP contribution >= 0.6 is 11.3 Å². The predicted octanol–water partition coefficient (Wildman–Crippen LogP) is 5.41. The first kappa shape index (κ1) is 24.1. The first-order chi connectivity index (χ1) is 18.5. The number of fused-ring (bicyclic) bond motifs is 3. The van der Waals surface area contributed by atoms with Crippen molar-refractivity contribution in [2.75, 3.05) is 6.61 Å². The zero-order valence-electron chi connectivity index (χ0n) is 21.4. The zero-order chi connectivity index (χ0) is 26.4. The SMILES string of the molecule is CCOC(=O)C1=C(C)N=c2s/c(=C\c3c4ccccc4cc4ccccc34)c(=O)n2[C@@H]1c1ccc(C)cc1. The Morgan fingerprint density at radius 2 is 1.61 bits per heavy atom. The third-order valence-electron chi connectivity index (χ3n) is 7.00. The molecule has 0 fully saturated rings. The van der Waals surface area contributed by atoms with Crippen LogP contribution in [0.15, 0.2) is 99.9 Å². The number of carbonyl (C=O) groups is 1. The second kappa shape index (κ2) is 9.54. The molecular weight excluding hydrogens is 492 g/mol. The number of aromatic nitrogens is 1. The third-order valence-corrected chi connectivity index (χ3v) is 7.98. The maximum Gasteiger partial charge on any atom is 0.338 e. The first-order valence-electron chi connectivity index (χ1n) is 12.6. The molecule has 5 nitrogen and oxygen atoms in total. The lowest BCUT2D eigenvalue weighted by molar-refractivity contribution is -0.139. The van der Waals surface area contributed by atoms with E-state index < -0.39 is 12.0 Å². The van der Waals surface area contributed by atoms with Gasteiger partial charge in [0.25, 0.3) is 5.56 Å². The molecule has 1 aromatic heterocycles. The minimum Gasteiger partial charge on any atom is -0.463 e. The molecule has 0 saturated carbocycles. The largest absolute Gasteiger partial charge is 0.463 e. The second-order valence-corrected chi connectivity index (χ2v) is 10.5. The molecule has 2 heterocycles. The molecule has 0 radical (unpaired) electrons. The van der Waals surface area contributed by atoms with E-state index in [2.05, 4.69) is 30.3 Å². The van der Waals surface area contributed by atoms with Gasteiger partial charge in [0.15, 0.2) is 4.80 Å². The number of allylic oxidation sites excluding steroid dienone is 1. The van der Waals surface area contributed by atoms with Gasteiger partial charge in [-0.1, -0.05) is 89.7 Å². The van der Waals surface area contributed by atoms with Crippen molar-refractivity contribution < 1.29 is 9.53 Å². The summed E-state index contributed by atoms with van der Waals surface area (Å²) in [4.78, 5) is 32.5. The lowest BCUT2D eigenvalue weighted by Gasteiger charge is -2.24. The first-order valence-corrected chi connectivity index (χ1v) is 13.4. The highest BCUT2D eigenvalue weighted by Crippen LogP contribution is 2.32. The molecule has 1 aliphatic rings. The third kappa shape index (κ3) is 3.98. The van der Waals surface area contributed by atoms with Gasteiger partial charge in [-0.3, -0.25) is 9.36 Å². The van der Waals surface area contributed by atoms with E-state index in [1.807, 2.05) is 68.5 Å².